The first-order valence-electron chi connectivity index (χ1n) is 9.09. The molecule has 0 aliphatic carbocycles. The van der Waals surface area contributed by atoms with E-state index in [1.807, 2.05) is 7.05 Å². The van der Waals surface area contributed by atoms with Crippen molar-refractivity contribution in [3.63, 3.8) is 0 Å². The molecule has 1 saturated heterocycles. The Morgan fingerprint density at radius 3 is 2.85 bits per heavy atom. The van der Waals surface area contributed by atoms with Gasteiger partial charge in [-0.1, -0.05) is 29.8 Å². The number of morpholine rings is 1. The molecule has 1 fully saturated rings. The van der Waals surface area contributed by atoms with Crippen LogP contribution in [-0.4, -0.2) is 57.5 Å². The Kier molecular flexibility index (Phi) is 5.38. The molecule has 1 aromatic carbocycles. The average Bonchev–Trinajstić information content (AvgIpc) is 2.98. The third-order valence-corrected chi connectivity index (χ3v) is 5.51. The van der Waals surface area contributed by atoms with Crippen LogP contribution in [0.25, 0.3) is 11.0 Å². The van der Waals surface area contributed by atoms with Crippen LogP contribution >= 0.6 is 15.9 Å². The highest BCUT2D eigenvalue weighted by Gasteiger charge is 2.23. The Balaban J connectivity index is 1.62. The number of aryl methyl sites for hydroxylation is 2. The van der Waals surface area contributed by atoms with E-state index >= 15 is 0 Å². The van der Waals surface area contributed by atoms with E-state index in [1.165, 1.54) is 11.1 Å². The van der Waals surface area contributed by atoms with Crippen LogP contribution in [0.4, 0.5) is 5.82 Å². The van der Waals surface area contributed by atoms with Gasteiger partial charge in [0.15, 0.2) is 5.65 Å². The minimum absolute atomic E-state index is 0.245. The van der Waals surface area contributed by atoms with Gasteiger partial charge in [0.05, 0.1) is 24.6 Å². The van der Waals surface area contributed by atoms with Gasteiger partial charge in [-0.25, -0.2) is 14.6 Å². The van der Waals surface area contributed by atoms with E-state index in [4.69, 9.17) is 4.74 Å². The second-order valence-corrected chi connectivity index (χ2v) is 7.55. The topological polar surface area (TPSA) is 68.1 Å². The number of rotatable bonds is 5. The average molecular weight is 431 g/mol. The maximum absolute atomic E-state index is 5.55. The number of hydrogen-bond acceptors (Lipinski definition) is 6. The summed E-state index contributed by atoms with van der Waals surface area (Å²) in [6, 6.07) is 8.96. The van der Waals surface area contributed by atoms with Crippen molar-refractivity contribution in [1.29, 1.82) is 0 Å². The van der Waals surface area contributed by atoms with Crippen LogP contribution in [0.15, 0.2) is 35.2 Å². The van der Waals surface area contributed by atoms with Crippen molar-refractivity contribution < 1.29 is 4.74 Å². The molecule has 27 heavy (non-hydrogen) atoms. The number of halogens is 1. The number of nitrogens with zero attached hydrogens (tertiary/aromatic N) is 5. The third kappa shape index (κ3) is 3.83. The van der Waals surface area contributed by atoms with Crippen molar-refractivity contribution in [1.82, 2.24) is 24.6 Å². The van der Waals surface area contributed by atoms with E-state index in [-0.39, 0.29) is 6.04 Å². The molecule has 0 saturated carbocycles. The molecule has 0 spiro atoms. The summed E-state index contributed by atoms with van der Waals surface area (Å²) in [5, 5.41) is 8.85. The van der Waals surface area contributed by atoms with E-state index in [9.17, 15) is 0 Å². The predicted molar refractivity (Wildman–Crippen MR) is 109 cm³/mol. The number of anilines is 1. The van der Waals surface area contributed by atoms with Crippen molar-refractivity contribution in [2.24, 2.45) is 7.05 Å². The van der Waals surface area contributed by atoms with Crippen molar-refractivity contribution in [2.45, 2.75) is 13.0 Å². The number of hydrogen-bond donors (Lipinski definition) is 1. The van der Waals surface area contributed by atoms with Gasteiger partial charge in [-0.15, -0.1) is 0 Å². The SMILES string of the molecule is Cc1cccc(C(CNc2ncnc3c2c(Br)nn3C)N2CCOCC2)c1. The lowest BCUT2D eigenvalue weighted by Gasteiger charge is -2.35. The van der Waals surface area contributed by atoms with Crippen molar-refractivity contribution in [3.8, 4) is 0 Å². The Morgan fingerprint density at radius 2 is 2.07 bits per heavy atom. The fourth-order valence-corrected chi connectivity index (χ4v) is 4.20. The fourth-order valence-electron chi connectivity index (χ4n) is 3.59. The summed E-state index contributed by atoms with van der Waals surface area (Å²) in [4.78, 5) is 11.3. The molecule has 4 rings (SSSR count). The smallest absolute Gasteiger partial charge is 0.164 e. The van der Waals surface area contributed by atoms with Gasteiger partial charge in [-0.3, -0.25) is 4.90 Å². The van der Waals surface area contributed by atoms with E-state index in [1.54, 1.807) is 11.0 Å². The van der Waals surface area contributed by atoms with Crippen LogP contribution in [-0.2, 0) is 11.8 Å². The molecule has 3 aromatic rings. The number of ether oxygens (including phenoxy) is 1. The Bertz CT molecular complexity index is 937. The van der Waals surface area contributed by atoms with Crippen LogP contribution in [0, 0.1) is 6.92 Å². The molecule has 3 heterocycles. The van der Waals surface area contributed by atoms with Gasteiger partial charge in [0, 0.05) is 26.7 Å². The summed E-state index contributed by atoms with van der Waals surface area (Å²) in [6.45, 7) is 6.28. The van der Waals surface area contributed by atoms with Gasteiger partial charge >= 0.3 is 0 Å². The maximum atomic E-state index is 5.55. The molecule has 7 nitrogen and oxygen atoms in total. The largest absolute Gasteiger partial charge is 0.379 e. The zero-order valence-electron chi connectivity index (χ0n) is 15.5. The summed E-state index contributed by atoms with van der Waals surface area (Å²) in [5.41, 5.74) is 3.38. The first-order chi connectivity index (χ1) is 13.1. The summed E-state index contributed by atoms with van der Waals surface area (Å²) in [5.74, 6) is 0.797. The van der Waals surface area contributed by atoms with Gasteiger partial charge in [0.25, 0.3) is 0 Å². The predicted octanol–water partition coefficient (Wildman–Crippen LogP) is 2.92. The summed E-state index contributed by atoms with van der Waals surface area (Å²) in [7, 11) is 1.88. The highest BCUT2D eigenvalue weighted by atomic mass is 79.9. The summed E-state index contributed by atoms with van der Waals surface area (Å²) in [6.07, 6.45) is 1.58. The first kappa shape index (κ1) is 18.3. The number of fused-ring (bicyclic) bond motifs is 1. The van der Waals surface area contributed by atoms with Crippen LogP contribution in [0.1, 0.15) is 17.2 Å². The van der Waals surface area contributed by atoms with Crippen molar-refractivity contribution >= 4 is 32.8 Å². The molecule has 1 aliphatic rings. The summed E-state index contributed by atoms with van der Waals surface area (Å²) < 4.78 is 8.06. The fraction of sp³-hybridized carbons (Fsp3) is 0.421. The minimum atomic E-state index is 0.245. The standard InChI is InChI=1S/C19H23BrN6O/c1-13-4-3-5-14(10-13)15(26-6-8-27-9-7-26)11-21-18-16-17(20)24-25(2)19(16)23-12-22-18/h3-5,10,12,15H,6-9,11H2,1-2H3,(H,21,22,23). The van der Waals surface area contributed by atoms with Gasteiger partial charge in [-0.2, -0.15) is 5.10 Å². The second-order valence-electron chi connectivity index (χ2n) is 6.79. The van der Waals surface area contributed by atoms with E-state index in [0.29, 0.717) is 0 Å². The molecule has 1 atom stereocenters. The van der Waals surface area contributed by atoms with Crippen LogP contribution in [0.2, 0.25) is 0 Å². The van der Waals surface area contributed by atoms with Gasteiger partial charge < -0.3 is 10.1 Å². The molecule has 142 valence electrons. The van der Waals surface area contributed by atoms with Gasteiger partial charge in [0.1, 0.15) is 16.7 Å². The van der Waals surface area contributed by atoms with Crippen LogP contribution in [0.3, 0.4) is 0 Å². The number of aromatic nitrogens is 4. The van der Waals surface area contributed by atoms with E-state index in [0.717, 1.165) is 54.3 Å². The summed E-state index contributed by atoms with van der Waals surface area (Å²) >= 11 is 3.53. The highest BCUT2D eigenvalue weighted by molar-refractivity contribution is 9.10. The molecule has 0 bridgehead atoms. The molecule has 1 aliphatic heterocycles. The molecular weight excluding hydrogens is 408 g/mol. The lowest BCUT2D eigenvalue weighted by atomic mass is 10.0. The lowest BCUT2D eigenvalue weighted by Crippen LogP contribution is -2.41. The van der Waals surface area contributed by atoms with Gasteiger partial charge in [-0.05, 0) is 28.4 Å². The Morgan fingerprint density at radius 1 is 1.26 bits per heavy atom. The highest BCUT2D eigenvalue weighted by Crippen LogP contribution is 2.29. The molecule has 2 aromatic heterocycles. The quantitative estimate of drug-likeness (QED) is 0.670. The molecular formula is C19H23BrN6O. The second kappa shape index (κ2) is 7.92. The molecule has 8 heteroatoms. The van der Waals surface area contributed by atoms with Crippen LogP contribution in [0.5, 0.6) is 0 Å². The molecule has 0 radical (unpaired) electrons. The molecule has 1 unspecified atom stereocenters. The monoisotopic (exact) mass is 430 g/mol. The Labute approximate surface area is 166 Å². The maximum Gasteiger partial charge on any atom is 0.164 e. The normalized spacial score (nSPS) is 16.6. The number of nitrogens with one attached hydrogen (secondary N) is 1. The lowest BCUT2D eigenvalue weighted by molar-refractivity contribution is 0.0187. The van der Waals surface area contributed by atoms with Crippen LogP contribution < -0.4 is 5.32 Å². The van der Waals surface area contributed by atoms with E-state index < -0.39 is 0 Å². The van der Waals surface area contributed by atoms with Crippen molar-refractivity contribution in [2.75, 3.05) is 38.2 Å². The third-order valence-electron chi connectivity index (χ3n) is 4.95. The number of benzene rings is 1. The molecule has 0 amide bonds. The zero-order valence-corrected chi connectivity index (χ0v) is 17.1. The van der Waals surface area contributed by atoms with Crippen molar-refractivity contribution in [3.05, 3.63) is 46.3 Å². The van der Waals surface area contributed by atoms with E-state index in [2.05, 4.69) is 72.4 Å². The molecule has 1 N–H and O–H groups in total. The zero-order chi connectivity index (χ0) is 18.8. The minimum Gasteiger partial charge on any atom is -0.379 e. The Hall–Kier alpha value is -2.03. The van der Waals surface area contributed by atoms with Gasteiger partial charge in [0.2, 0.25) is 0 Å². The first-order valence-corrected chi connectivity index (χ1v) is 9.88.